The summed E-state index contributed by atoms with van der Waals surface area (Å²) in [5, 5.41) is 12.2. The van der Waals surface area contributed by atoms with Gasteiger partial charge >= 0.3 is 0 Å². The molecule has 7 nitrogen and oxygen atoms in total. The Hall–Kier alpha value is -1.80. The summed E-state index contributed by atoms with van der Waals surface area (Å²) in [6.07, 6.45) is 2.98. The fourth-order valence-electron chi connectivity index (χ4n) is 1.71. The van der Waals surface area contributed by atoms with Gasteiger partial charge in [0.2, 0.25) is 0 Å². The minimum atomic E-state index is -3.48. The molecule has 0 aliphatic rings. The van der Waals surface area contributed by atoms with Crippen molar-refractivity contribution >= 4 is 39.8 Å². The van der Waals surface area contributed by atoms with E-state index in [0.29, 0.717) is 12.2 Å². The number of benzene rings is 1. The minimum absolute atomic E-state index is 0. The fourth-order valence-corrected chi connectivity index (χ4v) is 2.59. The Kier molecular flexibility index (Phi) is 7.89. The Morgan fingerprint density at radius 2 is 2.00 bits per heavy atom. The van der Waals surface area contributed by atoms with E-state index < -0.39 is 21.7 Å². The molecule has 1 rings (SSSR count). The van der Waals surface area contributed by atoms with Crippen LogP contribution < -0.4 is 16.4 Å². The Morgan fingerprint density at radius 1 is 1.36 bits per heavy atom. The van der Waals surface area contributed by atoms with Gasteiger partial charge in [-0.1, -0.05) is 13.3 Å². The second-order valence-corrected chi connectivity index (χ2v) is 6.62. The number of hydrogen-bond acceptors (Lipinski definition) is 5. The topological polar surface area (TPSA) is 125 Å². The summed E-state index contributed by atoms with van der Waals surface area (Å²) in [5.41, 5.74) is 5.68. The summed E-state index contributed by atoms with van der Waals surface area (Å²) in [7, 11) is -3.48. The monoisotopic (exact) mass is 348 g/mol. The molecule has 9 heteroatoms. The van der Waals surface area contributed by atoms with Crippen molar-refractivity contribution < 1.29 is 13.2 Å². The molecule has 0 aliphatic carbocycles. The van der Waals surface area contributed by atoms with Crippen LogP contribution in [-0.4, -0.2) is 33.1 Å². The SMILES string of the molecule is CCCCNc1ccc(C(=O)NC(=N)N)cc1S(C)(=O)=O.Cl. The van der Waals surface area contributed by atoms with Gasteiger partial charge in [-0.05, 0) is 24.6 Å². The lowest BCUT2D eigenvalue weighted by atomic mass is 10.2. The highest BCUT2D eigenvalue weighted by Crippen LogP contribution is 2.23. The number of nitrogens with two attached hydrogens (primary N) is 1. The number of hydrogen-bond donors (Lipinski definition) is 4. The lowest BCUT2D eigenvalue weighted by Crippen LogP contribution is -2.35. The van der Waals surface area contributed by atoms with Crippen LogP contribution in [-0.2, 0) is 9.84 Å². The molecule has 124 valence electrons. The molecule has 5 N–H and O–H groups in total. The molecule has 1 aromatic rings. The van der Waals surface area contributed by atoms with Gasteiger partial charge in [-0.3, -0.25) is 15.5 Å². The summed E-state index contributed by atoms with van der Waals surface area (Å²) < 4.78 is 23.7. The largest absolute Gasteiger partial charge is 0.384 e. The van der Waals surface area contributed by atoms with Gasteiger partial charge in [0.1, 0.15) is 0 Å². The molecule has 0 fully saturated rings. The Labute approximate surface area is 136 Å². The molecule has 1 aromatic carbocycles. The van der Waals surface area contributed by atoms with Crippen molar-refractivity contribution in [2.75, 3.05) is 18.1 Å². The maximum atomic E-state index is 11.8. The number of halogens is 1. The van der Waals surface area contributed by atoms with Crippen molar-refractivity contribution in [1.29, 1.82) is 5.41 Å². The highest BCUT2D eigenvalue weighted by atomic mass is 35.5. The Balaban J connectivity index is 0.00000441. The predicted octanol–water partition coefficient (Wildman–Crippen LogP) is 1.35. The zero-order valence-electron chi connectivity index (χ0n) is 12.5. The number of sulfone groups is 1. The summed E-state index contributed by atoms with van der Waals surface area (Å²) in [5.74, 6) is -1.11. The second kappa shape index (κ2) is 8.60. The predicted molar refractivity (Wildman–Crippen MR) is 89.6 cm³/mol. The molecule has 0 bridgehead atoms. The van der Waals surface area contributed by atoms with Crippen LogP contribution in [0.2, 0.25) is 0 Å². The number of nitrogens with one attached hydrogen (secondary N) is 3. The second-order valence-electron chi connectivity index (χ2n) is 4.63. The summed E-state index contributed by atoms with van der Waals surface area (Å²) >= 11 is 0. The van der Waals surface area contributed by atoms with Gasteiger partial charge in [0.15, 0.2) is 15.8 Å². The molecule has 0 aromatic heterocycles. The molecule has 0 radical (unpaired) electrons. The smallest absolute Gasteiger partial charge is 0.257 e. The van der Waals surface area contributed by atoms with Gasteiger partial charge in [0.05, 0.1) is 10.6 Å². The van der Waals surface area contributed by atoms with Crippen molar-refractivity contribution in [2.45, 2.75) is 24.7 Å². The minimum Gasteiger partial charge on any atom is -0.384 e. The molecule has 0 spiro atoms. The third kappa shape index (κ3) is 5.90. The maximum absolute atomic E-state index is 11.8. The standard InChI is InChI=1S/C13H20N4O3S.ClH/c1-3-4-7-16-10-6-5-9(12(18)17-13(14)15)8-11(10)21(2,19)20;/h5-6,8,16H,3-4,7H2,1-2H3,(H4,14,15,17,18);1H. The van der Waals surface area contributed by atoms with Crippen molar-refractivity contribution in [3.05, 3.63) is 23.8 Å². The lowest BCUT2D eigenvalue weighted by molar-refractivity contribution is 0.0976. The average molecular weight is 349 g/mol. The molecular formula is C13H21ClN4O3S. The van der Waals surface area contributed by atoms with E-state index in [0.717, 1.165) is 19.1 Å². The van der Waals surface area contributed by atoms with Crippen molar-refractivity contribution in [2.24, 2.45) is 5.73 Å². The van der Waals surface area contributed by atoms with Gasteiger partial charge in [-0.2, -0.15) is 0 Å². The molecular weight excluding hydrogens is 328 g/mol. The Morgan fingerprint density at radius 3 is 2.50 bits per heavy atom. The van der Waals surface area contributed by atoms with Crippen molar-refractivity contribution in [3.63, 3.8) is 0 Å². The summed E-state index contributed by atoms with van der Waals surface area (Å²) in [6.45, 7) is 2.69. The molecule has 0 atom stereocenters. The van der Waals surface area contributed by atoms with Crippen LogP contribution >= 0.6 is 12.4 Å². The van der Waals surface area contributed by atoms with Crippen molar-refractivity contribution in [3.8, 4) is 0 Å². The first-order valence-corrected chi connectivity index (χ1v) is 8.38. The molecule has 22 heavy (non-hydrogen) atoms. The van der Waals surface area contributed by atoms with Gasteiger partial charge in [0.25, 0.3) is 5.91 Å². The van der Waals surface area contributed by atoms with Gasteiger partial charge in [0, 0.05) is 18.4 Å². The van der Waals surface area contributed by atoms with Crippen LogP contribution in [0.25, 0.3) is 0 Å². The van der Waals surface area contributed by atoms with Crippen LogP contribution in [0.5, 0.6) is 0 Å². The number of unbranched alkanes of at least 4 members (excludes halogenated alkanes) is 1. The fraction of sp³-hybridized carbons (Fsp3) is 0.385. The van der Waals surface area contributed by atoms with Gasteiger partial charge in [-0.15, -0.1) is 12.4 Å². The van der Waals surface area contributed by atoms with E-state index in [1.54, 1.807) is 6.07 Å². The first-order chi connectivity index (χ1) is 9.75. The first-order valence-electron chi connectivity index (χ1n) is 6.49. The first kappa shape index (κ1) is 20.2. The van der Waals surface area contributed by atoms with Gasteiger partial charge in [-0.25, -0.2) is 8.42 Å². The van der Waals surface area contributed by atoms with Crippen LogP contribution in [0, 0.1) is 5.41 Å². The number of amides is 1. The van der Waals surface area contributed by atoms with Crippen LogP contribution in [0.1, 0.15) is 30.1 Å². The normalized spacial score (nSPS) is 10.5. The quantitative estimate of drug-likeness (QED) is 0.351. The van der Waals surface area contributed by atoms with Crippen LogP contribution in [0.3, 0.4) is 0 Å². The van der Waals surface area contributed by atoms with E-state index in [1.165, 1.54) is 12.1 Å². The number of guanidine groups is 1. The van der Waals surface area contributed by atoms with Gasteiger partial charge < -0.3 is 11.1 Å². The molecule has 0 unspecified atom stereocenters. The average Bonchev–Trinajstić information content (AvgIpc) is 2.37. The third-order valence-corrected chi connectivity index (χ3v) is 3.87. The van der Waals surface area contributed by atoms with Crippen LogP contribution in [0.15, 0.2) is 23.1 Å². The summed E-state index contributed by atoms with van der Waals surface area (Å²) in [4.78, 5) is 11.8. The third-order valence-electron chi connectivity index (χ3n) is 2.74. The van der Waals surface area contributed by atoms with E-state index >= 15 is 0 Å². The molecule has 0 aliphatic heterocycles. The molecule has 1 amide bonds. The van der Waals surface area contributed by atoms with E-state index in [-0.39, 0.29) is 22.9 Å². The number of carbonyl (C=O) groups excluding carboxylic acids is 1. The maximum Gasteiger partial charge on any atom is 0.257 e. The zero-order valence-corrected chi connectivity index (χ0v) is 14.1. The highest BCUT2D eigenvalue weighted by Gasteiger charge is 2.17. The summed E-state index contributed by atoms with van der Waals surface area (Å²) in [6, 6.07) is 4.31. The van der Waals surface area contributed by atoms with E-state index in [9.17, 15) is 13.2 Å². The van der Waals surface area contributed by atoms with E-state index in [4.69, 9.17) is 11.1 Å². The highest BCUT2D eigenvalue weighted by molar-refractivity contribution is 7.90. The molecule has 0 heterocycles. The number of rotatable bonds is 6. The number of carbonyl (C=O) groups is 1. The lowest BCUT2D eigenvalue weighted by Gasteiger charge is -2.12. The van der Waals surface area contributed by atoms with Crippen molar-refractivity contribution in [1.82, 2.24) is 5.32 Å². The van der Waals surface area contributed by atoms with E-state index in [2.05, 4.69) is 10.6 Å². The Bertz CT molecular complexity index is 647. The molecule has 0 saturated heterocycles. The van der Waals surface area contributed by atoms with Crippen LogP contribution in [0.4, 0.5) is 5.69 Å². The zero-order chi connectivity index (χ0) is 16.0. The van der Waals surface area contributed by atoms with E-state index in [1.807, 2.05) is 6.92 Å². The molecule has 0 saturated carbocycles. The number of anilines is 1.